The van der Waals surface area contributed by atoms with Gasteiger partial charge >= 0.3 is 6.03 Å². The standard InChI is InChI=1S/C32H36N6O5/c1-32(2,3)27-20-28(38(36-27)22-8-6-7-21(19-22)34-31(33)41)35-30(40)29(39)25-11-12-26(24-10-5-4-9-23(24)25)43-18-15-37-13-16-42-17-14-37/h4-12,19-20H,13-18H2,1-3H3,(H,35,40)(H3,33,34,41). The first-order chi connectivity index (χ1) is 20.6. The zero-order valence-electron chi connectivity index (χ0n) is 24.6. The SMILES string of the molecule is CC(C)(C)c1cc(NC(=O)C(=O)c2ccc(OCCN3CCOCC3)c3ccccc23)n(-c2cccc(NC(N)=O)c2)n1. The van der Waals surface area contributed by atoms with Gasteiger partial charge in [-0.05, 0) is 35.7 Å². The van der Waals surface area contributed by atoms with Gasteiger partial charge in [0.1, 0.15) is 18.2 Å². The van der Waals surface area contributed by atoms with Gasteiger partial charge in [0.2, 0.25) is 0 Å². The molecule has 224 valence electrons. The lowest BCUT2D eigenvalue weighted by Crippen LogP contribution is -2.38. The number of morpholine rings is 1. The Kier molecular flexibility index (Phi) is 8.74. The minimum atomic E-state index is -0.806. The van der Waals surface area contributed by atoms with Gasteiger partial charge in [-0.2, -0.15) is 5.10 Å². The second kappa shape index (κ2) is 12.6. The first-order valence-corrected chi connectivity index (χ1v) is 14.2. The summed E-state index contributed by atoms with van der Waals surface area (Å²) in [5.74, 6) is -0.533. The van der Waals surface area contributed by atoms with Gasteiger partial charge in [0, 0.05) is 47.8 Å². The van der Waals surface area contributed by atoms with Crippen LogP contribution in [0.15, 0.2) is 66.7 Å². The zero-order valence-corrected chi connectivity index (χ0v) is 24.6. The number of urea groups is 1. The molecule has 0 spiro atoms. The summed E-state index contributed by atoms with van der Waals surface area (Å²) in [5, 5.41) is 11.4. The molecule has 0 bridgehead atoms. The molecule has 1 aromatic heterocycles. The summed E-state index contributed by atoms with van der Waals surface area (Å²) >= 11 is 0. The van der Waals surface area contributed by atoms with Crippen molar-refractivity contribution in [2.45, 2.75) is 26.2 Å². The van der Waals surface area contributed by atoms with Crippen LogP contribution in [-0.4, -0.2) is 71.9 Å². The molecule has 4 N–H and O–H groups in total. The molecule has 5 rings (SSSR count). The van der Waals surface area contributed by atoms with Crippen LogP contribution in [0.25, 0.3) is 16.5 Å². The minimum absolute atomic E-state index is 0.267. The van der Waals surface area contributed by atoms with E-state index in [1.54, 1.807) is 42.5 Å². The third-order valence-corrected chi connectivity index (χ3v) is 7.18. The Bertz CT molecular complexity index is 1650. The van der Waals surface area contributed by atoms with E-state index in [-0.39, 0.29) is 11.0 Å². The predicted octanol–water partition coefficient (Wildman–Crippen LogP) is 4.35. The van der Waals surface area contributed by atoms with E-state index < -0.39 is 17.7 Å². The number of rotatable bonds is 9. The normalized spacial score (nSPS) is 13.9. The lowest BCUT2D eigenvalue weighted by atomic mass is 9.92. The Balaban J connectivity index is 1.39. The molecule has 0 saturated carbocycles. The number of carbonyl (C=O) groups is 3. The molecule has 0 radical (unpaired) electrons. The second-order valence-electron chi connectivity index (χ2n) is 11.4. The highest BCUT2D eigenvalue weighted by Gasteiger charge is 2.25. The van der Waals surface area contributed by atoms with E-state index in [9.17, 15) is 14.4 Å². The number of nitrogens with one attached hydrogen (secondary N) is 2. The molecule has 11 heteroatoms. The smallest absolute Gasteiger partial charge is 0.316 e. The largest absolute Gasteiger partial charge is 0.492 e. The van der Waals surface area contributed by atoms with E-state index >= 15 is 0 Å². The van der Waals surface area contributed by atoms with Crippen LogP contribution in [0.5, 0.6) is 5.75 Å². The van der Waals surface area contributed by atoms with Crippen molar-refractivity contribution in [2.75, 3.05) is 50.1 Å². The van der Waals surface area contributed by atoms with Crippen LogP contribution in [0, 0.1) is 0 Å². The van der Waals surface area contributed by atoms with Crippen molar-refractivity contribution < 1.29 is 23.9 Å². The quantitative estimate of drug-likeness (QED) is 0.196. The summed E-state index contributed by atoms with van der Waals surface area (Å²) in [4.78, 5) is 40.7. The van der Waals surface area contributed by atoms with Gasteiger partial charge in [-0.3, -0.25) is 14.5 Å². The maximum Gasteiger partial charge on any atom is 0.316 e. The molecule has 1 saturated heterocycles. The van der Waals surface area contributed by atoms with Gasteiger partial charge in [0.15, 0.2) is 0 Å². The van der Waals surface area contributed by atoms with Crippen LogP contribution in [0.2, 0.25) is 0 Å². The molecule has 1 aliphatic rings. The van der Waals surface area contributed by atoms with Crippen LogP contribution in [-0.2, 0) is 14.9 Å². The number of hydrogen-bond donors (Lipinski definition) is 3. The Morgan fingerprint density at radius 2 is 1.70 bits per heavy atom. The average molecular weight is 585 g/mol. The summed E-state index contributed by atoms with van der Waals surface area (Å²) in [6, 6.07) is 18.7. The van der Waals surface area contributed by atoms with Crippen LogP contribution in [0.1, 0.15) is 36.8 Å². The topological polar surface area (TPSA) is 141 Å². The zero-order chi connectivity index (χ0) is 30.6. The summed E-state index contributed by atoms with van der Waals surface area (Å²) < 4.78 is 13.0. The predicted molar refractivity (Wildman–Crippen MR) is 165 cm³/mol. The molecule has 0 unspecified atom stereocenters. The number of fused-ring (bicyclic) bond motifs is 1. The van der Waals surface area contributed by atoms with E-state index in [0.29, 0.717) is 40.6 Å². The third-order valence-electron chi connectivity index (χ3n) is 7.18. The molecule has 2 heterocycles. The lowest BCUT2D eigenvalue weighted by Gasteiger charge is -2.26. The van der Waals surface area contributed by atoms with Crippen LogP contribution in [0.4, 0.5) is 16.3 Å². The average Bonchev–Trinajstić information content (AvgIpc) is 3.42. The van der Waals surface area contributed by atoms with E-state index in [2.05, 4.69) is 15.5 Å². The first-order valence-electron chi connectivity index (χ1n) is 14.2. The fraction of sp³-hybridized carbons (Fsp3) is 0.312. The summed E-state index contributed by atoms with van der Waals surface area (Å²) in [5.41, 5.74) is 6.93. The highest BCUT2D eigenvalue weighted by molar-refractivity contribution is 6.48. The molecular weight excluding hydrogens is 548 g/mol. The minimum Gasteiger partial charge on any atom is -0.492 e. The van der Waals surface area contributed by atoms with Gasteiger partial charge in [0.05, 0.1) is 24.6 Å². The van der Waals surface area contributed by atoms with Crippen LogP contribution in [0.3, 0.4) is 0 Å². The fourth-order valence-corrected chi connectivity index (χ4v) is 4.89. The summed E-state index contributed by atoms with van der Waals surface area (Å²) in [6.45, 7) is 10.4. The maximum absolute atomic E-state index is 13.6. The molecule has 0 atom stereocenters. The van der Waals surface area contributed by atoms with E-state index in [1.165, 1.54) is 4.68 Å². The van der Waals surface area contributed by atoms with Crippen molar-refractivity contribution in [1.82, 2.24) is 14.7 Å². The van der Waals surface area contributed by atoms with Crippen molar-refractivity contribution in [3.8, 4) is 11.4 Å². The molecule has 43 heavy (non-hydrogen) atoms. The lowest BCUT2D eigenvalue weighted by molar-refractivity contribution is -0.112. The Morgan fingerprint density at radius 1 is 0.953 bits per heavy atom. The number of carbonyl (C=O) groups excluding carboxylic acids is 3. The van der Waals surface area contributed by atoms with Gasteiger partial charge in [-0.25, -0.2) is 9.48 Å². The van der Waals surface area contributed by atoms with Gasteiger partial charge < -0.3 is 25.8 Å². The first kappa shape index (κ1) is 29.7. The van der Waals surface area contributed by atoms with E-state index in [0.717, 1.165) is 38.2 Å². The van der Waals surface area contributed by atoms with Gasteiger partial charge in [0.25, 0.3) is 11.7 Å². The number of anilines is 2. The number of ether oxygens (including phenoxy) is 2. The Hall–Kier alpha value is -4.74. The highest BCUT2D eigenvalue weighted by Crippen LogP contribution is 2.30. The summed E-state index contributed by atoms with van der Waals surface area (Å²) in [6.07, 6.45) is 0. The Morgan fingerprint density at radius 3 is 2.42 bits per heavy atom. The molecule has 4 aromatic rings. The number of amides is 3. The number of ketones is 1. The molecule has 0 aliphatic carbocycles. The number of hydrogen-bond acceptors (Lipinski definition) is 7. The molecule has 1 aliphatic heterocycles. The molecule has 3 amide bonds. The van der Waals surface area contributed by atoms with Crippen molar-refractivity contribution in [3.05, 3.63) is 78.0 Å². The monoisotopic (exact) mass is 584 g/mol. The van der Waals surface area contributed by atoms with Crippen LogP contribution >= 0.6 is 0 Å². The van der Waals surface area contributed by atoms with Gasteiger partial charge in [-0.1, -0.05) is 51.1 Å². The highest BCUT2D eigenvalue weighted by atomic mass is 16.5. The third kappa shape index (κ3) is 7.02. The number of Topliss-reactive ketones (excluding diaryl/α,β-unsaturated/α-hetero) is 1. The number of nitrogens with two attached hydrogens (primary N) is 1. The van der Waals surface area contributed by atoms with E-state index in [4.69, 9.17) is 20.3 Å². The summed E-state index contributed by atoms with van der Waals surface area (Å²) in [7, 11) is 0. The molecule has 1 fully saturated rings. The van der Waals surface area contributed by atoms with Crippen molar-refractivity contribution in [1.29, 1.82) is 0 Å². The number of benzene rings is 3. The van der Waals surface area contributed by atoms with Crippen LogP contribution < -0.4 is 21.1 Å². The second-order valence-corrected chi connectivity index (χ2v) is 11.4. The van der Waals surface area contributed by atoms with Gasteiger partial charge in [-0.15, -0.1) is 0 Å². The molecule has 11 nitrogen and oxygen atoms in total. The fourth-order valence-electron chi connectivity index (χ4n) is 4.89. The number of primary amides is 1. The maximum atomic E-state index is 13.6. The van der Waals surface area contributed by atoms with E-state index in [1.807, 2.05) is 45.0 Å². The molecular formula is C32H36N6O5. The van der Waals surface area contributed by atoms with Crippen molar-refractivity contribution >= 4 is 40.0 Å². The van der Waals surface area contributed by atoms with Crippen molar-refractivity contribution in [3.63, 3.8) is 0 Å². The number of aromatic nitrogens is 2. The number of nitrogens with zero attached hydrogens (tertiary/aromatic N) is 3. The Labute approximate surface area is 249 Å². The van der Waals surface area contributed by atoms with Crippen molar-refractivity contribution in [2.24, 2.45) is 5.73 Å². The molecule has 3 aromatic carbocycles.